The predicted octanol–water partition coefficient (Wildman–Crippen LogP) is 1.01. The van der Waals surface area contributed by atoms with Crippen molar-refractivity contribution in [3.05, 3.63) is 0 Å². The van der Waals surface area contributed by atoms with Crippen molar-refractivity contribution in [2.75, 3.05) is 26.7 Å². The van der Waals surface area contributed by atoms with Gasteiger partial charge in [0.05, 0.1) is 12.0 Å². The van der Waals surface area contributed by atoms with E-state index in [1.54, 1.807) is 7.11 Å². The molecule has 1 unspecified atom stereocenters. The summed E-state index contributed by atoms with van der Waals surface area (Å²) in [4.78, 5) is 14.1. The highest BCUT2D eigenvalue weighted by Gasteiger charge is 2.29. The van der Waals surface area contributed by atoms with Crippen molar-refractivity contribution in [2.45, 2.75) is 45.3 Å². The molecular formula is C12H24N2O2. The molecule has 0 spiro atoms. The Morgan fingerprint density at radius 1 is 1.56 bits per heavy atom. The van der Waals surface area contributed by atoms with Crippen LogP contribution in [0.1, 0.15) is 33.6 Å². The summed E-state index contributed by atoms with van der Waals surface area (Å²) in [6.07, 6.45) is 1.51. The second-order valence-corrected chi connectivity index (χ2v) is 4.97. The summed E-state index contributed by atoms with van der Waals surface area (Å²) in [6.45, 7) is 8.66. The summed E-state index contributed by atoms with van der Waals surface area (Å²) in [6, 6.07) is 0.366. The predicted molar refractivity (Wildman–Crippen MR) is 64.4 cm³/mol. The van der Waals surface area contributed by atoms with Crippen LogP contribution in [0.2, 0.25) is 0 Å². The lowest BCUT2D eigenvalue weighted by molar-refractivity contribution is -0.138. The maximum atomic E-state index is 12.2. The van der Waals surface area contributed by atoms with Gasteiger partial charge in [-0.15, -0.1) is 0 Å². The van der Waals surface area contributed by atoms with E-state index in [1.165, 1.54) is 0 Å². The Kier molecular flexibility index (Phi) is 4.74. The van der Waals surface area contributed by atoms with Crippen molar-refractivity contribution in [2.24, 2.45) is 0 Å². The van der Waals surface area contributed by atoms with E-state index in [0.29, 0.717) is 12.5 Å². The average molecular weight is 228 g/mol. The number of hydrogen-bond acceptors (Lipinski definition) is 3. The molecule has 0 aromatic heterocycles. The van der Waals surface area contributed by atoms with E-state index in [0.717, 1.165) is 26.1 Å². The Morgan fingerprint density at radius 3 is 2.69 bits per heavy atom. The third-order valence-electron chi connectivity index (χ3n) is 3.27. The van der Waals surface area contributed by atoms with Crippen LogP contribution < -0.4 is 5.32 Å². The van der Waals surface area contributed by atoms with Gasteiger partial charge in [-0.3, -0.25) is 4.79 Å². The van der Waals surface area contributed by atoms with Crippen LogP contribution in [-0.4, -0.2) is 49.2 Å². The number of ether oxygens (including phenoxy) is 1. The van der Waals surface area contributed by atoms with Crippen LogP contribution in [0.4, 0.5) is 0 Å². The van der Waals surface area contributed by atoms with E-state index in [4.69, 9.17) is 4.74 Å². The third-order valence-corrected chi connectivity index (χ3v) is 3.27. The molecule has 0 bridgehead atoms. The number of amides is 1. The molecule has 94 valence electrons. The first kappa shape index (κ1) is 13.5. The van der Waals surface area contributed by atoms with E-state index in [-0.39, 0.29) is 11.5 Å². The van der Waals surface area contributed by atoms with Crippen LogP contribution in [0, 0.1) is 0 Å². The topological polar surface area (TPSA) is 41.6 Å². The first-order valence-corrected chi connectivity index (χ1v) is 6.05. The average Bonchev–Trinajstić information content (AvgIpc) is 2.71. The molecule has 0 aromatic rings. The summed E-state index contributed by atoms with van der Waals surface area (Å²) < 4.78 is 5.30. The molecule has 1 atom stereocenters. The van der Waals surface area contributed by atoms with Gasteiger partial charge in [0.1, 0.15) is 0 Å². The number of rotatable bonds is 5. The van der Waals surface area contributed by atoms with E-state index in [2.05, 4.69) is 5.32 Å². The van der Waals surface area contributed by atoms with Gasteiger partial charge in [0.15, 0.2) is 0 Å². The fourth-order valence-corrected chi connectivity index (χ4v) is 2.08. The zero-order chi connectivity index (χ0) is 12.2. The molecule has 4 nitrogen and oxygen atoms in total. The smallest absolute Gasteiger partial charge is 0.225 e. The Balaban J connectivity index is 2.55. The van der Waals surface area contributed by atoms with Crippen molar-refractivity contribution in [1.29, 1.82) is 0 Å². The highest BCUT2D eigenvalue weighted by Crippen LogP contribution is 2.17. The van der Waals surface area contributed by atoms with Gasteiger partial charge in [0.2, 0.25) is 5.91 Å². The molecule has 0 saturated carbocycles. The molecule has 1 aliphatic rings. The normalized spacial score (nSPS) is 21.1. The highest BCUT2D eigenvalue weighted by atomic mass is 16.5. The lowest BCUT2D eigenvalue weighted by Gasteiger charge is -2.31. The lowest BCUT2D eigenvalue weighted by atomic mass is 10.0. The summed E-state index contributed by atoms with van der Waals surface area (Å²) >= 11 is 0. The molecule has 16 heavy (non-hydrogen) atoms. The Hall–Kier alpha value is -0.610. The summed E-state index contributed by atoms with van der Waals surface area (Å²) in [5.74, 6) is 0.197. The van der Waals surface area contributed by atoms with Gasteiger partial charge in [-0.2, -0.15) is 0 Å². The van der Waals surface area contributed by atoms with Gasteiger partial charge in [-0.25, -0.2) is 0 Å². The standard InChI is InChI=1S/C12H24N2O2/c1-5-14(10-6-7-13-9-10)11(15)8-12(2,3)16-4/h10,13H,5-9H2,1-4H3. The fourth-order valence-electron chi connectivity index (χ4n) is 2.08. The van der Waals surface area contributed by atoms with Crippen molar-refractivity contribution < 1.29 is 9.53 Å². The first-order valence-electron chi connectivity index (χ1n) is 6.05. The van der Waals surface area contributed by atoms with E-state index in [9.17, 15) is 4.79 Å². The maximum Gasteiger partial charge on any atom is 0.225 e. The van der Waals surface area contributed by atoms with E-state index >= 15 is 0 Å². The zero-order valence-corrected chi connectivity index (χ0v) is 10.9. The Morgan fingerprint density at radius 2 is 2.25 bits per heavy atom. The first-order chi connectivity index (χ1) is 7.50. The van der Waals surface area contributed by atoms with Crippen LogP contribution >= 0.6 is 0 Å². The largest absolute Gasteiger partial charge is 0.378 e. The van der Waals surface area contributed by atoms with Crippen LogP contribution in [-0.2, 0) is 9.53 Å². The molecule has 1 amide bonds. The van der Waals surface area contributed by atoms with Crippen molar-refractivity contribution in [1.82, 2.24) is 10.2 Å². The SMILES string of the molecule is CCN(C(=O)CC(C)(C)OC)C1CCNC1. The lowest BCUT2D eigenvalue weighted by Crippen LogP contribution is -2.44. The molecular weight excluding hydrogens is 204 g/mol. The molecule has 1 fully saturated rings. The molecule has 0 radical (unpaired) electrons. The van der Waals surface area contributed by atoms with Gasteiger partial charge >= 0.3 is 0 Å². The van der Waals surface area contributed by atoms with Crippen molar-refractivity contribution in [3.8, 4) is 0 Å². The molecule has 1 heterocycles. The van der Waals surface area contributed by atoms with Gasteiger partial charge in [0, 0.05) is 26.2 Å². The molecule has 1 N–H and O–H groups in total. The number of methoxy groups -OCH3 is 1. The Labute approximate surface area is 98.3 Å². The van der Waals surface area contributed by atoms with Crippen LogP contribution in [0.3, 0.4) is 0 Å². The van der Waals surface area contributed by atoms with E-state index in [1.807, 2.05) is 25.7 Å². The summed E-state index contributed by atoms with van der Waals surface area (Å²) in [7, 11) is 1.65. The number of nitrogens with zero attached hydrogens (tertiary/aromatic N) is 1. The summed E-state index contributed by atoms with van der Waals surface area (Å²) in [5.41, 5.74) is -0.365. The second-order valence-electron chi connectivity index (χ2n) is 4.97. The fraction of sp³-hybridized carbons (Fsp3) is 0.917. The monoisotopic (exact) mass is 228 g/mol. The van der Waals surface area contributed by atoms with Crippen LogP contribution in [0.15, 0.2) is 0 Å². The second kappa shape index (κ2) is 5.64. The minimum absolute atomic E-state index is 0.197. The van der Waals surface area contributed by atoms with Gasteiger partial charge in [0.25, 0.3) is 0 Å². The highest BCUT2D eigenvalue weighted by molar-refractivity contribution is 5.77. The number of likely N-dealkylation sites (N-methyl/N-ethyl adjacent to an activating group) is 1. The van der Waals surface area contributed by atoms with Crippen LogP contribution in [0.5, 0.6) is 0 Å². The molecule has 0 aliphatic carbocycles. The molecule has 1 aliphatic heterocycles. The third kappa shape index (κ3) is 3.46. The quantitative estimate of drug-likeness (QED) is 0.763. The van der Waals surface area contributed by atoms with Gasteiger partial charge < -0.3 is 15.0 Å². The minimum atomic E-state index is -0.365. The number of nitrogens with one attached hydrogen (secondary N) is 1. The number of carbonyl (C=O) groups is 1. The number of hydrogen-bond donors (Lipinski definition) is 1. The molecule has 4 heteroatoms. The molecule has 0 aromatic carbocycles. The number of carbonyl (C=O) groups excluding carboxylic acids is 1. The van der Waals surface area contributed by atoms with Crippen LogP contribution in [0.25, 0.3) is 0 Å². The van der Waals surface area contributed by atoms with Crippen molar-refractivity contribution >= 4 is 5.91 Å². The maximum absolute atomic E-state index is 12.2. The minimum Gasteiger partial charge on any atom is -0.378 e. The Bertz CT molecular complexity index is 235. The molecule has 1 rings (SSSR count). The van der Waals surface area contributed by atoms with Crippen molar-refractivity contribution in [3.63, 3.8) is 0 Å². The zero-order valence-electron chi connectivity index (χ0n) is 10.9. The van der Waals surface area contributed by atoms with E-state index < -0.39 is 0 Å². The molecule has 1 saturated heterocycles. The van der Waals surface area contributed by atoms with Gasteiger partial charge in [-0.05, 0) is 33.7 Å². The summed E-state index contributed by atoms with van der Waals surface area (Å²) in [5, 5.41) is 3.29. The van der Waals surface area contributed by atoms with Gasteiger partial charge in [-0.1, -0.05) is 0 Å².